The van der Waals surface area contributed by atoms with E-state index >= 15 is 0 Å². The molecule has 2 heteroatoms. The standard InChI is InChI=1S/C41H33NO/c1-2-9-28(10-3-1)42(29-17-18-31-30-11-5-7-16-37(30)43-38(31)22-29)36-15-8-14-34-39(36)32-12-4-6-13-33(32)41(34)27-20-25-19-26-24-40(41,23-25)35(26)21-27/h1-18,22,25-27,35H,19-21,23-24H2. The molecule has 6 unspecified atom stereocenters. The van der Waals surface area contributed by atoms with Crippen molar-refractivity contribution in [2.45, 2.75) is 37.5 Å². The summed E-state index contributed by atoms with van der Waals surface area (Å²) in [6.45, 7) is 0. The summed E-state index contributed by atoms with van der Waals surface area (Å²) in [6, 6.07) is 42.8. The highest BCUT2D eigenvalue weighted by Gasteiger charge is 2.78. The second-order valence-corrected chi connectivity index (χ2v) is 14.2. The Hall–Kier alpha value is -4.30. The Bertz CT molecular complexity index is 2120. The molecule has 0 saturated heterocycles. The van der Waals surface area contributed by atoms with Gasteiger partial charge in [0.2, 0.25) is 0 Å². The van der Waals surface area contributed by atoms with Gasteiger partial charge in [0.1, 0.15) is 11.2 Å². The van der Waals surface area contributed by atoms with Crippen molar-refractivity contribution in [3.8, 4) is 11.1 Å². The van der Waals surface area contributed by atoms with Gasteiger partial charge in [-0.2, -0.15) is 0 Å². The highest BCUT2D eigenvalue weighted by molar-refractivity contribution is 6.06. The molecule has 5 fully saturated rings. The first-order valence-corrected chi connectivity index (χ1v) is 16.3. The van der Waals surface area contributed by atoms with Crippen LogP contribution in [0.15, 0.2) is 120 Å². The maximum Gasteiger partial charge on any atom is 0.137 e. The first kappa shape index (κ1) is 23.2. The average Bonchev–Trinajstić information content (AvgIpc) is 3.57. The smallest absolute Gasteiger partial charge is 0.137 e. The van der Waals surface area contributed by atoms with Crippen LogP contribution in [0.4, 0.5) is 17.1 Å². The van der Waals surface area contributed by atoms with E-state index in [0.29, 0.717) is 5.41 Å². The van der Waals surface area contributed by atoms with Crippen LogP contribution in [0.2, 0.25) is 0 Å². The number of hydrogen-bond donors (Lipinski definition) is 0. The van der Waals surface area contributed by atoms with Crippen LogP contribution in [0.5, 0.6) is 0 Å². The van der Waals surface area contributed by atoms with E-state index in [-0.39, 0.29) is 5.41 Å². The molecule has 1 heterocycles. The molecule has 2 spiro atoms. The molecule has 5 saturated carbocycles. The van der Waals surface area contributed by atoms with Gasteiger partial charge in [0.15, 0.2) is 0 Å². The molecule has 2 nitrogen and oxygen atoms in total. The number of para-hydroxylation sites is 2. The molecule has 208 valence electrons. The van der Waals surface area contributed by atoms with Gasteiger partial charge in [-0.25, -0.2) is 0 Å². The molecule has 12 rings (SSSR count). The Kier molecular flexibility index (Phi) is 4.21. The largest absolute Gasteiger partial charge is 0.456 e. The Morgan fingerprint density at radius 2 is 1.44 bits per heavy atom. The Labute approximate surface area is 252 Å². The third kappa shape index (κ3) is 2.61. The van der Waals surface area contributed by atoms with Gasteiger partial charge in [-0.15, -0.1) is 0 Å². The number of benzene rings is 5. The molecule has 43 heavy (non-hydrogen) atoms. The average molecular weight is 556 g/mol. The van der Waals surface area contributed by atoms with Crippen molar-refractivity contribution in [1.82, 2.24) is 0 Å². The number of fused-ring (bicyclic) bond motifs is 6. The summed E-state index contributed by atoms with van der Waals surface area (Å²) in [5.74, 6) is 3.60. The second kappa shape index (κ2) is 7.80. The van der Waals surface area contributed by atoms with Crippen LogP contribution in [0, 0.1) is 29.1 Å². The molecular formula is C41H33NO. The van der Waals surface area contributed by atoms with Crippen LogP contribution in [0.25, 0.3) is 33.1 Å². The zero-order valence-corrected chi connectivity index (χ0v) is 24.2. The van der Waals surface area contributed by atoms with Gasteiger partial charge in [0.05, 0.1) is 5.69 Å². The van der Waals surface area contributed by atoms with Gasteiger partial charge in [0.25, 0.3) is 0 Å². The van der Waals surface area contributed by atoms with E-state index in [1.54, 1.807) is 11.1 Å². The van der Waals surface area contributed by atoms with Crippen LogP contribution in [-0.2, 0) is 5.41 Å². The quantitative estimate of drug-likeness (QED) is 0.216. The molecule has 4 bridgehead atoms. The number of hydrogen-bond acceptors (Lipinski definition) is 2. The van der Waals surface area contributed by atoms with Crippen LogP contribution >= 0.6 is 0 Å². The fourth-order valence-electron chi connectivity index (χ4n) is 11.7. The second-order valence-electron chi connectivity index (χ2n) is 14.2. The van der Waals surface area contributed by atoms with E-state index in [2.05, 4.69) is 120 Å². The fraction of sp³-hybridized carbons (Fsp3) is 0.268. The highest BCUT2D eigenvalue weighted by Crippen LogP contribution is 2.84. The molecule has 0 N–H and O–H groups in total. The molecule has 1 aromatic heterocycles. The minimum Gasteiger partial charge on any atom is -0.456 e. The fourth-order valence-corrected chi connectivity index (χ4v) is 11.7. The maximum absolute atomic E-state index is 6.41. The molecule has 0 aliphatic heterocycles. The summed E-state index contributed by atoms with van der Waals surface area (Å²) >= 11 is 0. The Morgan fingerprint density at radius 1 is 0.628 bits per heavy atom. The molecule has 6 atom stereocenters. The lowest BCUT2D eigenvalue weighted by atomic mass is 9.36. The first-order chi connectivity index (χ1) is 21.3. The van der Waals surface area contributed by atoms with Crippen molar-refractivity contribution in [2.75, 3.05) is 4.90 Å². The molecule has 5 aromatic carbocycles. The summed E-state index contributed by atoms with van der Waals surface area (Å²) in [4.78, 5) is 2.49. The summed E-state index contributed by atoms with van der Waals surface area (Å²) in [5.41, 5.74) is 12.3. The predicted octanol–water partition coefficient (Wildman–Crippen LogP) is 10.8. The molecular weight excluding hydrogens is 522 g/mol. The maximum atomic E-state index is 6.41. The molecule has 0 amide bonds. The lowest BCUT2D eigenvalue weighted by Crippen LogP contribution is -2.62. The van der Waals surface area contributed by atoms with Crippen molar-refractivity contribution in [3.05, 3.63) is 126 Å². The van der Waals surface area contributed by atoms with Crippen LogP contribution in [-0.4, -0.2) is 0 Å². The summed E-state index contributed by atoms with van der Waals surface area (Å²) in [7, 11) is 0. The van der Waals surface area contributed by atoms with Gasteiger partial charge < -0.3 is 9.32 Å². The van der Waals surface area contributed by atoms with E-state index < -0.39 is 0 Å². The van der Waals surface area contributed by atoms with Gasteiger partial charge in [-0.1, -0.05) is 72.8 Å². The lowest BCUT2D eigenvalue weighted by Gasteiger charge is -2.67. The van der Waals surface area contributed by atoms with Gasteiger partial charge >= 0.3 is 0 Å². The Balaban J connectivity index is 1.18. The van der Waals surface area contributed by atoms with Crippen LogP contribution in [0.1, 0.15) is 43.2 Å². The predicted molar refractivity (Wildman–Crippen MR) is 174 cm³/mol. The third-order valence-electron chi connectivity index (χ3n) is 12.7. The normalized spacial score (nSPS) is 30.5. The SMILES string of the molecule is c1ccc(N(c2ccc3c(c2)oc2ccccc23)c2cccc3c2-c2ccccc2C32C3CC4CC5CC2(C4)C5C3)cc1. The number of furan rings is 1. The van der Waals surface area contributed by atoms with Crippen LogP contribution in [0.3, 0.4) is 0 Å². The van der Waals surface area contributed by atoms with Crippen LogP contribution < -0.4 is 4.90 Å². The van der Waals surface area contributed by atoms with E-state index in [9.17, 15) is 0 Å². The van der Waals surface area contributed by atoms with Crippen molar-refractivity contribution in [1.29, 1.82) is 0 Å². The van der Waals surface area contributed by atoms with E-state index in [4.69, 9.17) is 4.42 Å². The number of nitrogens with zero attached hydrogens (tertiary/aromatic N) is 1. The highest BCUT2D eigenvalue weighted by atomic mass is 16.3. The molecule has 0 radical (unpaired) electrons. The first-order valence-electron chi connectivity index (χ1n) is 16.3. The van der Waals surface area contributed by atoms with E-state index in [1.165, 1.54) is 65.4 Å². The van der Waals surface area contributed by atoms with E-state index in [1.807, 2.05) is 0 Å². The van der Waals surface area contributed by atoms with Gasteiger partial charge in [-0.3, -0.25) is 0 Å². The van der Waals surface area contributed by atoms with Crippen molar-refractivity contribution in [2.24, 2.45) is 29.1 Å². The lowest BCUT2D eigenvalue weighted by molar-refractivity contribution is -0.140. The van der Waals surface area contributed by atoms with Crippen molar-refractivity contribution in [3.63, 3.8) is 0 Å². The Morgan fingerprint density at radius 3 is 2.40 bits per heavy atom. The van der Waals surface area contributed by atoms with Crippen molar-refractivity contribution < 1.29 is 4.42 Å². The monoisotopic (exact) mass is 555 g/mol. The third-order valence-corrected chi connectivity index (χ3v) is 12.7. The van der Waals surface area contributed by atoms with Gasteiger partial charge in [-0.05, 0) is 114 Å². The van der Waals surface area contributed by atoms with Crippen molar-refractivity contribution >= 4 is 39.0 Å². The zero-order chi connectivity index (χ0) is 27.9. The zero-order valence-electron chi connectivity index (χ0n) is 24.2. The van der Waals surface area contributed by atoms with Gasteiger partial charge in [0, 0.05) is 39.2 Å². The number of rotatable bonds is 3. The molecule has 6 aliphatic carbocycles. The molecule has 6 aromatic rings. The summed E-state index contributed by atoms with van der Waals surface area (Å²) < 4.78 is 6.41. The minimum atomic E-state index is 0.165. The summed E-state index contributed by atoms with van der Waals surface area (Å²) in [5, 5.41) is 2.34. The molecule has 6 aliphatic rings. The topological polar surface area (TPSA) is 16.4 Å². The number of anilines is 3. The minimum absolute atomic E-state index is 0.165. The summed E-state index contributed by atoms with van der Waals surface area (Å²) in [6.07, 6.45) is 7.23. The van der Waals surface area contributed by atoms with E-state index in [0.717, 1.165) is 40.5 Å².